The summed E-state index contributed by atoms with van der Waals surface area (Å²) >= 11 is 1.81. The summed E-state index contributed by atoms with van der Waals surface area (Å²) in [6.07, 6.45) is 0. The van der Waals surface area contributed by atoms with Crippen LogP contribution in [0, 0.1) is 11.3 Å². The fourth-order valence-corrected chi connectivity index (χ4v) is 6.92. The standard InChI is InChI=1S/C40H24N4S/c41-25-26-15-17-27(18-16-26)32-23-24-35-37(33-13-7-8-14-34(33)45-35)36(32)28-19-21-31(22-20-28)40-43-38(29-9-3-1-4-10-29)42-39(44-40)30-11-5-2-6-12-30/h1-24H. The SMILES string of the molecule is N#Cc1ccc(-c2ccc3sc4ccccc4c3c2-c2ccc(-c3nc(-c4ccccc4)nc(-c4ccccc4)n3)cc2)cc1. The van der Waals surface area contributed by atoms with Crippen LogP contribution in [0.4, 0.5) is 0 Å². The maximum atomic E-state index is 9.38. The first-order valence-electron chi connectivity index (χ1n) is 14.7. The van der Waals surface area contributed by atoms with Crippen molar-refractivity contribution >= 4 is 31.5 Å². The van der Waals surface area contributed by atoms with Crippen molar-refractivity contribution < 1.29 is 0 Å². The van der Waals surface area contributed by atoms with Gasteiger partial charge in [-0.1, -0.05) is 121 Å². The molecule has 8 rings (SSSR count). The molecule has 0 N–H and O–H groups in total. The Bertz CT molecular complexity index is 2300. The molecule has 0 bridgehead atoms. The minimum absolute atomic E-state index is 0.626. The Balaban J connectivity index is 1.30. The number of nitrogens with zero attached hydrogens (tertiary/aromatic N) is 4. The second kappa shape index (κ2) is 11.3. The van der Waals surface area contributed by atoms with Crippen molar-refractivity contribution in [3.63, 3.8) is 0 Å². The van der Waals surface area contributed by atoms with E-state index in [1.165, 1.54) is 25.7 Å². The van der Waals surface area contributed by atoms with Gasteiger partial charge in [-0.3, -0.25) is 0 Å². The Labute approximate surface area is 264 Å². The number of thiophene rings is 1. The summed E-state index contributed by atoms with van der Waals surface area (Å²) in [7, 11) is 0. The molecule has 0 fully saturated rings. The van der Waals surface area contributed by atoms with Gasteiger partial charge in [0.25, 0.3) is 0 Å². The Morgan fingerprint density at radius 3 is 1.56 bits per heavy atom. The van der Waals surface area contributed by atoms with E-state index in [2.05, 4.69) is 66.7 Å². The fourth-order valence-electron chi connectivity index (χ4n) is 5.81. The van der Waals surface area contributed by atoms with Crippen LogP contribution in [-0.4, -0.2) is 15.0 Å². The van der Waals surface area contributed by atoms with Crippen molar-refractivity contribution in [2.75, 3.05) is 0 Å². The number of nitriles is 1. The Hall–Kier alpha value is -5.96. The first-order valence-corrected chi connectivity index (χ1v) is 15.5. The van der Waals surface area contributed by atoms with Crippen molar-refractivity contribution in [1.29, 1.82) is 5.26 Å². The molecule has 0 aliphatic heterocycles. The Morgan fingerprint density at radius 2 is 0.956 bits per heavy atom. The molecule has 0 saturated carbocycles. The zero-order valence-corrected chi connectivity index (χ0v) is 24.9. The second-order valence-corrected chi connectivity index (χ2v) is 11.8. The first kappa shape index (κ1) is 26.7. The molecular weight excluding hydrogens is 569 g/mol. The molecule has 0 radical (unpaired) electrons. The molecule has 0 amide bonds. The average Bonchev–Trinajstić information content (AvgIpc) is 3.51. The predicted molar refractivity (Wildman–Crippen MR) is 185 cm³/mol. The third-order valence-electron chi connectivity index (χ3n) is 8.00. The highest BCUT2D eigenvalue weighted by molar-refractivity contribution is 7.26. The van der Waals surface area contributed by atoms with Crippen LogP contribution >= 0.6 is 11.3 Å². The van der Waals surface area contributed by atoms with Crippen LogP contribution in [0.1, 0.15) is 5.56 Å². The summed E-state index contributed by atoms with van der Waals surface area (Å²) in [6, 6.07) is 51.7. The minimum Gasteiger partial charge on any atom is -0.208 e. The highest BCUT2D eigenvalue weighted by Crippen LogP contribution is 2.45. The van der Waals surface area contributed by atoms with Gasteiger partial charge in [0.05, 0.1) is 11.6 Å². The summed E-state index contributed by atoms with van der Waals surface area (Å²) in [5.41, 5.74) is 7.92. The molecular formula is C40H24N4S. The molecule has 5 heteroatoms. The van der Waals surface area contributed by atoms with Crippen LogP contribution in [0.5, 0.6) is 0 Å². The average molecular weight is 593 g/mol. The largest absolute Gasteiger partial charge is 0.208 e. The first-order chi connectivity index (χ1) is 22.2. The molecule has 0 aliphatic carbocycles. The summed E-state index contributed by atoms with van der Waals surface area (Å²) in [4.78, 5) is 14.7. The molecule has 2 heterocycles. The zero-order chi connectivity index (χ0) is 30.2. The van der Waals surface area contributed by atoms with Crippen molar-refractivity contribution in [1.82, 2.24) is 15.0 Å². The van der Waals surface area contributed by atoms with Crippen LogP contribution in [0.3, 0.4) is 0 Å². The number of fused-ring (bicyclic) bond motifs is 3. The molecule has 0 saturated heterocycles. The monoisotopic (exact) mass is 592 g/mol. The van der Waals surface area contributed by atoms with E-state index in [-0.39, 0.29) is 0 Å². The van der Waals surface area contributed by atoms with E-state index in [0.717, 1.165) is 33.4 Å². The van der Waals surface area contributed by atoms with Gasteiger partial charge >= 0.3 is 0 Å². The van der Waals surface area contributed by atoms with Crippen molar-refractivity contribution in [2.24, 2.45) is 0 Å². The van der Waals surface area contributed by atoms with E-state index in [4.69, 9.17) is 15.0 Å². The minimum atomic E-state index is 0.626. The van der Waals surface area contributed by atoms with Crippen LogP contribution in [0.2, 0.25) is 0 Å². The summed E-state index contributed by atoms with van der Waals surface area (Å²) < 4.78 is 2.50. The van der Waals surface area contributed by atoms with Crippen LogP contribution in [0.25, 0.3) is 76.6 Å². The number of aromatic nitrogens is 3. The molecule has 8 aromatic rings. The van der Waals surface area contributed by atoms with E-state index in [9.17, 15) is 5.26 Å². The molecule has 0 spiro atoms. The van der Waals surface area contributed by atoms with Gasteiger partial charge < -0.3 is 0 Å². The second-order valence-electron chi connectivity index (χ2n) is 10.8. The molecule has 6 aromatic carbocycles. The lowest BCUT2D eigenvalue weighted by atomic mass is 9.90. The highest BCUT2D eigenvalue weighted by Gasteiger charge is 2.18. The van der Waals surface area contributed by atoms with Gasteiger partial charge in [-0.15, -0.1) is 11.3 Å². The third-order valence-corrected chi connectivity index (χ3v) is 9.14. The van der Waals surface area contributed by atoms with Gasteiger partial charge in [-0.2, -0.15) is 5.26 Å². The summed E-state index contributed by atoms with van der Waals surface area (Å²) in [6.45, 7) is 0. The van der Waals surface area contributed by atoms with E-state index in [0.29, 0.717) is 23.0 Å². The van der Waals surface area contributed by atoms with Crippen LogP contribution in [-0.2, 0) is 0 Å². The molecule has 0 atom stereocenters. The van der Waals surface area contributed by atoms with Crippen molar-refractivity contribution in [3.8, 4) is 62.5 Å². The third kappa shape index (κ3) is 4.94. The van der Waals surface area contributed by atoms with Crippen molar-refractivity contribution in [3.05, 3.63) is 151 Å². The topological polar surface area (TPSA) is 62.5 Å². The lowest BCUT2D eigenvalue weighted by Gasteiger charge is -2.14. The van der Waals surface area contributed by atoms with Crippen LogP contribution < -0.4 is 0 Å². The maximum Gasteiger partial charge on any atom is 0.164 e. The lowest BCUT2D eigenvalue weighted by molar-refractivity contribution is 1.07. The number of benzene rings is 6. The quantitative estimate of drug-likeness (QED) is 0.199. The smallest absolute Gasteiger partial charge is 0.164 e. The van der Waals surface area contributed by atoms with E-state index < -0.39 is 0 Å². The highest BCUT2D eigenvalue weighted by atomic mass is 32.1. The summed E-state index contributed by atoms with van der Waals surface area (Å²) in [5.74, 6) is 1.91. The maximum absolute atomic E-state index is 9.38. The zero-order valence-electron chi connectivity index (χ0n) is 24.1. The molecule has 210 valence electrons. The predicted octanol–water partition coefficient (Wildman–Crippen LogP) is 10.4. The summed E-state index contributed by atoms with van der Waals surface area (Å²) in [5, 5.41) is 11.9. The Kier molecular flexibility index (Phi) is 6.68. The molecule has 2 aromatic heterocycles. The van der Waals surface area contributed by atoms with E-state index in [1.807, 2.05) is 96.3 Å². The number of hydrogen-bond acceptors (Lipinski definition) is 5. The molecule has 4 nitrogen and oxygen atoms in total. The normalized spacial score (nSPS) is 11.1. The Morgan fingerprint density at radius 1 is 0.444 bits per heavy atom. The lowest BCUT2D eigenvalue weighted by Crippen LogP contribution is -2.00. The van der Waals surface area contributed by atoms with Gasteiger partial charge in [0, 0.05) is 36.9 Å². The van der Waals surface area contributed by atoms with Gasteiger partial charge in [0.1, 0.15) is 0 Å². The van der Waals surface area contributed by atoms with E-state index in [1.54, 1.807) is 0 Å². The van der Waals surface area contributed by atoms with Gasteiger partial charge in [-0.05, 0) is 46.5 Å². The van der Waals surface area contributed by atoms with Gasteiger partial charge in [0.2, 0.25) is 0 Å². The van der Waals surface area contributed by atoms with Gasteiger partial charge in [0.15, 0.2) is 17.5 Å². The number of rotatable bonds is 5. The molecule has 0 aliphatic rings. The number of hydrogen-bond donors (Lipinski definition) is 0. The molecule has 0 unspecified atom stereocenters. The van der Waals surface area contributed by atoms with Gasteiger partial charge in [-0.25, -0.2) is 15.0 Å². The van der Waals surface area contributed by atoms with E-state index >= 15 is 0 Å². The molecule has 45 heavy (non-hydrogen) atoms. The van der Waals surface area contributed by atoms with Crippen molar-refractivity contribution in [2.45, 2.75) is 0 Å². The van der Waals surface area contributed by atoms with Crippen LogP contribution in [0.15, 0.2) is 146 Å². The fraction of sp³-hybridized carbons (Fsp3) is 0.